The first-order valence-corrected chi connectivity index (χ1v) is 6.71. The number of nitrogens with two attached hydrogens (primary N) is 1. The molecule has 4 nitrogen and oxygen atoms in total. The van der Waals surface area contributed by atoms with E-state index in [0.29, 0.717) is 18.0 Å². The van der Waals surface area contributed by atoms with Crippen LogP contribution >= 0.6 is 0 Å². The first-order valence-electron chi connectivity index (χ1n) is 6.71. The smallest absolute Gasteiger partial charge is 0.241 e. The zero-order valence-corrected chi connectivity index (χ0v) is 12.1. The molecule has 0 radical (unpaired) electrons. The van der Waals surface area contributed by atoms with Gasteiger partial charge >= 0.3 is 0 Å². The van der Waals surface area contributed by atoms with E-state index in [1.54, 1.807) is 6.07 Å². The molecule has 1 amide bonds. The number of anilines is 1. The van der Waals surface area contributed by atoms with Gasteiger partial charge in [-0.2, -0.15) is 0 Å². The van der Waals surface area contributed by atoms with Gasteiger partial charge in [0.1, 0.15) is 5.75 Å². The highest BCUT2D eigenvalue weighted by atomic mass is 16.5. The van der Waals surface area contributed by atoms with Crippen molar-refractivity contribution < 1.29 is 9.53 Å². The first kappa shape index (κ1) is 15.5. The van der Waals surface area contributed by atoms with Crippen LogP contribution in [0.25, 0.3) is 0 Å². The summed E-state index contributed by atoms with van der Waals surface area (Å²) in [4.78, 5) is 11.9. The minimum Gasteiger partial charge on any atom is -0.491 e. The summed E-state index contributed by atoms with van der Waals surface area (Å²) in [5, 5.41) is 2.82. The molecule has 0 spiro atoms. The van der Waals surface area contributed by atoms with E-state index in [4.69, 9.17) is 10.5 Å². The molecule has 1 atom stereocenters. The zero-order chi connectivity index (χ0) is 14.4. The average molecular weight is 264 g/mol. The summed E-state index contributed by atoms with van der Waals surface area (Å²) in [6.07, 6.45) is 0.780. The Balaban J connectivity index is 2.63. The van der Waals surface area contributed by atoms with Gasteiger partial charge in [-0.15, -0.1) is 0 Å². The topological polar surface area (TPSA) is 64.4 Å². The molecule has 0 aliphatic carbocycles. The summed E-state index contributed by atoms with van der Waals surface area (Å²) in [6, 6.07) is 6.87. The summed E-state index contributed by atoms with van der Waals surface area (Å²) < 4.78 is 5.58. The lowest BCUT2D eigenvalue weighted by molar-refractivity contribution is -0.117. The van der Waals surface area contributed by atoms with Gasteiger partial charge in [-0.1, -0.05) is 19.9 Å². The van der Waals surface area contributed by atoms with Gasteiger partial charge in [-0.05, 0) is 38.3 Å². The van der Waals surface area contributed by atoms with E-state index in [-0.39, 0.29) is 12.0 Å². The maximum absolute atomic E-state index is 11.9. The number of rotatable bonds is 6. The molecule has 19 heavy (non-hydrogen) atoms. The molecule has 1 aromatic rings. The van der Waals surface area contributed by atoms with E-state index in [9.17, 15) is 4.79 Å². The van der Waals surface area contributed by atoms with E-state index in [1.807, 2.05) is 45.9 Å². The largest absolute Gasteiger partial charge is 0.491 e. The van der Waals surface area contributed by atoms with Gasteiger partial charge < -0.3 is 15.8 Å². The van der Waals surface area contributed by atoms with Gasteiger partial charge in [-0.25, -0.2) is 0 Å². The van der Waals surface area contributed by atoms with Gasteiger partial charge in [0.05, 0.1) is 12.1 Å². The molecular formula is C15H24N2O2. The SMILES string of the molecule is CC(C)CC(N)C(=O)Nc1cccc(OC(C)C)c1. The van der Waals surface area contributed by atoms with Gasteiger partial charge in [-0.3, -0.25) is 4.79 Å². The Bertz CT molecular complexity index is 416. The normalized spacial score (nSPS) is 12.6. The molecule has 0 saturated heterocycles. The molecular weight excluding hydrogens is 240 g/mol. The Kier molecular flexibility index (Phi) is 5.83. The fraction of sp³-hybridized carbons (Fsp3) is 0.533. The lowest BCUT2D eigenvalue weighted by atomic mass is 10.0. The highest BCUT2D eigenvalue weighted by Gasteiger charge is 2.15. The van der Waals surface area contributed by atoms with Crippen LogP contribution in [0.2, 0.25) is 0 Å². The predicted octanol–water partition coefficient (Wildman–Crippen LogP) is 2.79. The number of benzene rings is 1. The fourth-order valence-electron chi connectivity index (χ4n) is 1.77. The van der Waals surface area contributed by atoms with Crippen molar-refractivity contribution in [1.29, 1.82) is 0 Å². The Labute approximate surface area is 115 Å². The molecule has 0 aliphatic rings. The van der Waals surface area contributed by atoms with Crippen molar-refractivity contribution in [1.82, 2.24) is 0 Å². The summed E-state index contributed by atoms with van der Waals surface area (Å²) in [5.74, 6) is 0.983. The van der Waals surface area contributed by atoms with Crippen molar-refractivity contribution >= 4 is 11.6 Å². The Morgan fingerprint density at radius 3 is 2.58 bits per heavy atom. The van der Waals surface area contributed by atoms with Gasteiger partial charge in [0.2, 0.25) is 5.91 Å². The molecule has 0 heterocycles. The molecule has 0 saturated carbocycles. The number of carbonyl (C=O) groups excluding carboxylic acids is 1. The van der Waals surface area contributed by atoms with Gasteiger partial charge in [0.25, 0.3) is 0 Å². The molecule has 0 fully saturated rings. The second kappa shape index (κ2) is 7.14. The number of hydrogen-bond donors (Lipinski definition) is 2. The molecule has 1 rings (SSSR count). The van der Waals surface area contributed by atoms with Crippen molar-refractivity contribution in [2.75, 3.05) is 5.32 Å². The van der Waals surface area contributed by atoms with Crippen LogP contribution in [-0.4, -0.2) is 18.1 Å². The number of amides is 1. The van der Waals surface area contributed by atoms with Crippen molar-refractivity contribution in [3.63, 3.8) is 0 Å². The van der Waals surface area contributed by atoms with Crippen LogP contribution in [-0.2, 0) is 4.79 Å². The number of ether oxygens (including phenoxy) is 1. The molecule has 4 heteroatoms. The Hall–Kier alpha value is -1.55. The van der Waals surface area contributed by atoms with Crippen LogP contribution in [0, 0.1) is 5.92 Å². The minimum atomic E-state index is -0.477. The van der Waals surface area contributed by atoms with Crippen LogP contribution in [0.4, 0.5) is 5.69 Å². The average Bonchev–Trinajstić information content (AvgIpc) is 2.27. The minimum absolute atomic E-state index is 0.106. The van der Waals surface area contributed by atoms with E-state index >= 15 is 0 Å². The Morgan fingerprint density at radius 2 is 2.00 bits per heavy atom. The van der Waals surface area contributed by atoms with Crippen LogP contribution in [0.1, 0.15) is 34.1 Å². The van der Waals surface area contributed by atoms with Crippen molar-refractivity contribution in [2.45, 2.75) is 46.3 Å². The summed E-state index contributed by atoms with van der Waals surface area (Å²) >= 11 is 0. The summed E-state index contributed by atoms with van der Waals surface area (Å²) in [7, 11) is 0. The second-order valence-electron chi connectivity index (χ2n) is 5.42. The van der Waals surface area contributed by atoms with Gasteiger partial charge in [0.15, 0.2) is 0 Å². The second-order valence-corrected chi connectivity index (χ2v) is 5.42. The highest BCUT2D eigenvalue weighted by Crippen LogP contribution is 2.19. The molecule has 1 unspecified atom stereocenters. The maximum atomic E-state index is 11.9. The Morgan fingerprint density at radius 1 is 1.32 bits per heavy atom. The quantitative estimate of drug-likeness (QED) is 0.830. The summed E-state index contributed by atoms with van der Waals surface area (Å²) in [5.41, 5.74) is 6.55. The third kappa shape index (κ3) is 5.75. The zero-order valence-electron chi connectivity index (χ0n) is 12.1. The molecule has 1 aromatic carbocycles. The molecule has 0 aromatic heterocycles. The summed E-state index contributed by atoms with van der Waals surface area (Å²) in [6.45, 7) is 8.02. The van der Waals surface area contributed by atoms with Crippen LogP contribution < -0.4 is 15.8 Å². The van der Waals surface area contributed by atoms with Gasteiger partial charge in [0, 0.05) is 11.8 Å². The van der Waals surface area contributed by atoms with Crippen LogP contribution in [0.3, 0.4) is 0 Å². The molecule has 106 valence electrons. The fourth-order valence-corrected chi connectivity index (χ4v) is 1.77. The third-order valence-electron chi connectivity index (χ3n) is 2.54. The molecule has 0 bridgehead atoms. The van der Waals surface area contributed by atoms with E-state index in [1.165, 1.54) is 0 Å². The number of nitrogens with one attached hydrogen (secondary N) is 1. The molecule has 0 aliphatic heterocycles. The van der Waals surface area contributed by atoms with Crippen LogP contribution in [0.5, 0.6) is 5.75 Å². The monoisotopic (exact) mass is 264 g/mol. The lowest BCUT2D eigenvalue weighted by Gasteiger charge is -2.15. The number of carbonyl (C=O) groups is 1. The van der Waals surface area contributed by atoms with Crippen LogP contribution in [0.15, 0.2) is 24.3 Å². The lowest BCUT2D eigenvalue weighted by Crippen LogP contribution is -2.36. The van der Waals surface area contributed by atoms with Crippen molar-refractivity contribution in [3.8, 4) is 5.75 Å². The number of hydrogen-bond acceptors (Lipinski definition) is 3. The van der Waals surface area contributed by atoms with E-state index in [0.717, 1.165) is 5.75 Å². The highest BCUT2D eigenvalue weighted by molar-refractivity contribution is 5.94. The standard InChI is InChI=1S/C15H24N2O2/c1-10(2)8-14(16)15(18)17-12-6-5-7-13(9-12)19-11(3)4/h5-7,9-11,14H,8,16H2,1-4H3,(H,17,18). The van der Waals surface area contributed by atoms with E-state index in [2.05, 4.69) is 5.32 Å². The van der Waals surface area contributed by atoms with Crippen molar-refractivity contribution in [2.24, 2.45) is 11.7 Å². The molecule has 3 N–H and O–H groups in total. The third-order valence-corrected chi connectivity index (χ3v) is 2.54. The van der Waals surface area contributed by atoms with E-state index < -0.39 is 6.04 Å². The van der Waals surface area contributed by atoms with Crippen molar-refractivity contribution in [3.05, 3.63) is 24.3 Å². The first-order chi connectivity index (χ1) is 8.88. The maximum Gasteiger partial charge on any atom is 0.241 e. The predicted molar refractivity (Wildman–Crippen MR) is 78.3 cm³/mol.